The highest BCUT2D eigenvalue weighted by molar-refractivity contribution is 6.47. The van der Waals surface area contributed by atoms with Gasteiger partial charge in [-0.15, -0.1) is 0 Å². The summed E-state index contributed by atoms with van der Waals surface area (Å²) in [6, 6.07) is 4.47. The van der Waals surface area contributed by atoms with Gasteiger partial charge in [-0.2, -0.15) is 10.4 Å². The number of pyridine rings is 1. The number of halogens is 2. The fraction of sp³-hybridized carbons (Fsp3) is 0.318. The van der Waals surface area contributed by atoms with Gasteiger partial charge in [0.2, 0.25) is 11.6 Å². The van der Waals surface area contributed by atoms with Crippen LogP contribution < -0.4 is 20.2 Å². The summed E-state index contributed by atoms with van der Waals surface area (Å²) in [5.41, 5.74) is 3.88. The number of alkyl carbamates (subject to hydrolysis) is 1. The second-order valence-corrected chi connectivity index (χ2v) is 7.87. The molecule has 0 saturated heterocycles. The lowest BCUT2D eigenvalue weighted by Gasteiger charge is -2.18. The van der Waals surface area contributed by atoms with Crippen LogP contribution in [0.3, 0.4) is 0 Å². The van der Waals surface area contributed by atoms with E-state index in [9.17, 15) is 9.59 Å². The number of ether oxygens (including phenoxy) is 3. The van der Waals surface area contributed by atoms with Gasteiger partial charge >= 0.3 is 6.09 Å². The van der Waals surface area contributed by atoms with Crippen molar-refractivity contribution in [2.75, 3.05) is 19.1 Å². The van der Waals surface area contributed by atoms with Gasteiger partial charge in [0.25, 0.3) is 5.91 Å². The molecule has 0 fully saturated rings. The molecule has 1 aromatic carbocycles. The van der Waals surface area contributed by atoms with Crippen molar-refractivity contribution in [1.29, 1.82) is 5.26 Å². The number of rotatable bonds is 8. The van der Waals surface area contributed by atoms with E-state index < -0.39 is 17.7 Å². The van der Waals surface area contributed by atoms with Crippen LogP contribution in [0.1, 0.15) is 37.8 Å². The smallest absolute Gasteiger partial charge is 0.414 e. The summed E-state index contributed by atoms with van der Waals surface area (Å²) >= 11 is 12.7. The topological polar surface area (TPSA) is 135 Å². The summed E-state index contributed by atoms with van der Waals surface area (Å²) in [6.45, 7) is 7.54. The number of carbonyl (C=O) groups is 2. The summed E-state index contributed by atoms with van der Waals surface area (Å²) < 4.78 is 15.9. The van der Waals surface area contributed by atoms with E-state index >= 15 is 0 Å². The number of benzene rings is 1. The number of amides is 2. The molecule has 0 saturated carbocycles. The van der Waals surface area contributed by atoms with E-state index in [1.807, 2.05) is 26.1 Å². The Bertz CT molecular complexity index is 1140. The fourth-order valence-corrected chi connectivity index (χ4v) is 3.48. The molecule has 0 spiro atoms. The minimum absolute atomic E-state index is 0.0622. The molecule has 2 N–H and O–H groups in total. The molecular weight excluding hydrogens is 485 g/mol. The molecule has 0 radical (unpaired) electrons. The summed E-state index contributed by atoms with van der Waals surface area (Å²) in [5.74, 6) is 0.248. The zero-order valence-corrected chi connectivity index (χ0v) is 20.7. The highest BCUT2D eigenvalue weighted by atomic mass is 35.5. The molecular formula is C22H23Cl2N5O5. The van der Waals surface area contributed by atoms with Gasteiger partial charge in [-0.3, -0.25) is 15.5 Å². The molecule has 10 nitrogen and oxygen atoms in total. The summed E-state index contributed by atoms with van der Waals surface area (Å²) in [5, 5.41) is 15.0. The molecule has 0 aliphatic heterocycles. The largest absolute Gasteiger partial charge is 0.481 e. The molecule has 0 bridgehead atoms. The van der Waals surface area contributed by atoms with Crippen molar-refractivity contribution in [2.45, 2.75) is 33.6 Å². The van der Waals surface area contributed by atoms with Crippen LogP contribution in [0, 0.1) is 18.3 Å². The van der Waals surface area contributed by atoms with Crippen molar-refractivity contribution in [3.05, 3.63) is 39.5 Å². The number of nitriles is 1. The minimum atomic E-state index is -1.03. The first-order chi connectivity index (χ1) is 16.1. The molecule has 2 rings (SSSR count). The van der Waals surface area contributed by atoms with E-state index in [1.165, 1.54) is 18.3 Å². The Morgan fingerprint density at radius 1 is 1.26 bits per heavy atom. The maximum Gasteiger partial charge on any atom is 0.414 e. The average Bonchev–Trinajstić information content (AvgIpc) is 2.77. The van der Waals surface area contributed by atoms with E-state index in [1.54, 1.807) is 20.1 Å². The lowest BCUT2D eigenvalue weighted by atomic mass is 9.99. The van der Waals surface area contributed by atoms with Crippen LogP contribution in [0.15, 0.2) is 23.4 Å². The predicted octanol–water partition coefficient (Wildman–Crippen LogP) is 5.19. The lowest BCUT2D eigenvalue weighted by Crippen LogP contribution is -2.36. The first-order valence-corrected chi connectivity index (χ1v) is 10.8. The van der Waals surface area contributed by atoms with Gasteiger partial charge in [0.05, 0.1) is 35.6 Å². The van der Waals surface area contributed by atoms with Crippen molar-refractivity contribution in [3.8, 4) is 23.4 Å². The van der Waals surface area contributed by atoms with E-state index in [2.05, 4.69) is 20.2 Å². The van der Waals surface area contributed by atoms with E-state index in [4.69, 9.17) is 37.9 Å². The quantitative estimate of drug-likeness (QED) is 0.368. The van der Waals surface area contributed by atoms with Gasteiger partial charge in [-0.25, -0.2) is 9.78 Å². The number of hydrogen-bond donors (Lipinski definition) is 2. The van der Waals surface area contributed by atoms with Crippen molar-refractivity contribution in [2.24, 2.45) is 5.10 Å². The number of hydrogen-bond acceptors (Lipinski definition) is 9. The molecule has 1 aromatic heterocycles. The first kappa shape index (κ1) is 26.7. The van der Waals surface area contributed by atoms with E-state index in [0.717, 1.165) is 11.1 Å². The Hall–Kier alpha value is -3.55. The van der Waals surface area contributed by atoms with Gasteiger partial charge in [0, 0.05) is 11.1 Å². The highest BCUT2D eigenvalue weighted by Gasteiger charge is 2.19. The number of nitrogens with one attached hydrogen (secondary N) is 2. The Balaban J connectivity index is 2.27. The summed E-state index contributed by atoms with van der Waals surface area (Å²) in [6.07, 6.45) is 0.525. The minimum Gasteiger partial charge on any atom is -0.481 e. The standard InChI is InChI=1S/C22H23Cl2N5O5/c1-6-33-22(31)27-20(30)16(9-25)29-28-13-7-14(23)19(15(24)8-13)34-17-10-26-21(32-5)18(11(2)3)12(17)4/h7-8,10-11,28H,6H2,1-5H3,(H,27,30,31). The molecule has 0 aliphatic rings. The van der Waals surface area contributed by atoms with Gasteiger partial charge in [-0.1, -0.05) is 37.0 Å². The number of imide groups is 1. The Morgan fingerprint density at radius 2 is 1.91 bits per heavy atom. The van der Waals surface area contributed by atoms with Gasteiger partial charge in [-0.05, 0) is 31.9 Å². The maximum absolute atomic E-state index is 11.9. The van der Waals surface area contributed by atoms with Crippen LogP contribution in [-0.2, 0) is 9.53 Å². The van der Waals surface area contributed by atoms with Crippen LogP contribution in [0.5, 0.6) is 17.4 Å². The third-order valence-corrected chi connectivity index (χ3v) is 4.95. The normalized spacial score (nSPS) is 11.0. The first-order valence-electron chi connectivity index (χ1n) is 10.0. The van der Waals surface area contributed by atoms with E-state index in [-0.39, 0.29) is 34.0 Å². The zero-order chi connectivity index (χ0) is 25.4. The molecule has 0 unspecified atom stereocenters. The predicted molar refractivity (Wildman–Crippen MR) is 128 cm³/mol. The van der Waals surface area contributed by atoms with E-state index in [0.29, 0.717) is 11.6 Å². The van der Waals surface area contributed by atoms with Crippen molar-refractivity contribution >= 4 is 46.6 Å². The third kappa shape index (κ3) is 6.50. The second-order valence-electron chi connectivity index (χ2n) is 7.05. The van der Waals surface area contributed by atoms with Crippen molar-refractivity contribution < 1.29 is 23.8 Å². The van der Waals surface area contributed by atoms with Crippen LogP contribution >= 0.6 is 23.2 Å². The molecule has 12 heteroatoms. The van der Waals surface area contributed by atoms with Crippen molar-refractivity contribution in [1.82, 2.24) is 10.3 Å². The van der Waals surface area contributed by atoms with Gasteiger partial charge in [0.15, 0.2) is 5.75 Å². The van der Waals surface area contributed by atoms with Crippen LogP contribution in [0.2, 0.25) is 10.0 Å². The Labute approximate surface area is 206 Å². The Morgan fingerprint density at radius 3 is 2.44 bits per heavy atom. The molecule has 180 valence electrons. The van der Waals surface area contributed by atoms with Crippen LogP contribution in [-0.4, -0.2) is 36.4 Å². The third-order valence-electron chi connectivity index (χ3n) is 4.39. The van der Waals surface area contributed by atoms with Gasteiger partial charge in [0.1, 0.15) is 11.8 Å². The monoisotopic (exact) mass is 507 g/mol. The molecule has 1 heterocycles. The number of methoxy groups -OCH3 is 1. The Kier molecular flexibility index (Phi) is 9.47. The van der Waals surface area contributed by atoms with Crippen LogP contribution in [0.4, 0.5) is 10.5 Å². The number of aromatic nitrogens is 1. The van der Waals surface area contributed by atoms with Crippen molar-refractivity contribution in [3.63, 3.8) is 0 Å². The fourth-order valence-electron chi connectivity index (χ4n) is 2.92. The highest BCUT2D eigenvalue weighted by Crippen LogP contribution is 2.41. The summed E-state index contributed by atoms with van der Waals surface area (Å²) in [7, 11) is 1.55. The maximum atomic E-state index is 11.9. The molecule has 34 heavy (non-hydrogen) atoms. The molecule has 0 atom stereocenters. The SMILES string of the molecule is CCOC(=O)NC(=O)C(C#N)=NNc1cc(Cl)c(Oc2cnc(OC)c(C(C)C)c2C)c(Cl)c1. The zero-order valence-electron chi connectivity index (χ0n) is 19.2. The number of hydrazone groups is 1. The number of anilines is 1. The molecule has 2 aromatic rings. The van der Waals surface area contributed by atoms with Gasteiger partial charge < -0.3 is 14.2 Å². The second kappa shape index (κ2) is 12.1. The number of nitrogens with zero attached hydrogens (tertiary/aromatic N) is 3. The summed E-state index contributed by atoms with van der Waals surface area (Å²) in [4.78, 5) is 27.6. The lowest BCUT2D eigenvalue weighted by molar-refractivity contribution is -0.114. The number of carbonyl (C=O) groups excluding carboxylic acids is 2. The average molecular weight is 508 g/mol. The molecule has 2 amide bonds. The molecule has 0 aliphatic carbocycles. The van der Waals surface area contributed by atoms with Crippen LogP contribution in [0.25, 0.3) is 0 Å².